The number of hydrogen-bond donors (Lipinski definition) is 0. The predicted octanol–water partition coefficient (Wildman–Crippen LogP) is 5.04. The molecule has 1 fully saturated rings. The molecule has 2 atom stereocenters. The number of allylic oxidation sites excluding steroid dienone is 1. The molecule has 144 valence electrons. The third-order valence-electron chi connectivity index (χ3n) is 4.56. The lowest BCUT2D eigenvalue weighted by Gasteiger charge is -2.29. The van der Waals surface area contributed by atoms with Crippen molar-refractivity contribution < 1.29 is 14.3 Å². The van der Waals surface area contributed by atoms with Crippen LogP contribution in [-0.4, -0.2) is 36.3 Å². The van der Waals surface area contributed by atoms with Crippen LogP contribution in [0.15, 0.2) is 43.0 Å². The van der Waals surface area contributed by atoms with Crippen molar-refractivity contribution in [1.82, 2.24) is 4.90 Å². The van der Waals surface area contributed by atoms with Gasteiger partial charge >= 0.3 is 6.09 Å². The van der Waals surface area contributed by atoms with Gasteiger partial charge in [-0.15, -0.1) is 6.58 Å². The zero-order valence-corrected chi connectivity index (χ0v) is 16.4. The molecule has 4 nitrogen and oxygen atoms in total. The van der Waals surface area contributed by atoms with Gasteiger partial charge in [-0.05, 0) is 51.5 Å². The molecule has 1 aromatic carbocycles. The lowest BCUT2D eigenvalue weighted by atomic mass is 9.96. The lowest BCUT2D eigenvalue weighted by Crippen LogP contribution is -2.41. The summed E-state index contributed by atoms with van der Waals surface area (Å²) in [6.45, 7) is 12.3. The maximum Gasteiger partial charge on any atom is 0.410 e. The van der Waals surface area contributed by atoms with Crippen molar-refractivity contribution in [1.29, 1.82) is 0 Å². The van der Waals surface area contributed by atoms with Gasteiger partial charge in [-0.1, -0.05) is 36.4 Å². The Morgan fingerprint density at radius 2 is 1.85 bits per heavy atom. The molecule has 1 saturated heterocycles. The maximum absolute atomic E-state index is 12.6. The summed E-state index contributed by atoms with van der Waals surface area (Å²) in [5.74, 6) is 0.778. The number of nitrogens with zero attached hydrogens (tertiary/aromatic N) is 1. The zero-order valence-electron chi connectivity index (χ0n) is 16.4. The Bertz CT molecular complexity index is 565. The third kappa shape index (κ3) is 7.20. The highest BCUT2D eigenvalue weighted by molar-refractivity contribution is 5.68. The summed E-state index contributed by atoms with van der Waals surface area (Å²) in [7, 11) is 0. The summed E-state index contributed by atoms with van der Waals surface area (Å²) in [5.41, 5.74) is 0.700. The summed E-state index contributed by atoms with van der Waals surface area (Å²) in [6.07, 6.45) is 4.81. The van der Waals surface area contributed by atoms with Gasteiger partial charge in [0.1, 0.15) is 5.60 Å². The Balaban J connectivity index is 1.93. The molecule has 0 bridgehead atoms. The summed E-state index contributed by atoms with van der Waals surface area (Å²) in [5, 5.41) is 0. The van der Waals surface area contributed by atoms with E-state index in [9.17, 15) is 4.79 Å². The van der Waals surface area contributed by atoms with Crippen LogP contribution >= 0.6 is 0 Å². The van der Waals surface area contributed by atoms with Crippen LogP contribution in [0.3, 0.4) is 0 Å². The molecule has 0 radical (unpaired) electrons. The second-order valence-corrected chi connectivity index (χ2v) is 8.22. The second-order valence-electron chi connectivity index (χ2n) is 8.22. The normalized spacial score (nSPS) is 21.1. The molecule has 1 amide bonds. The molecule has 1 aliphatic heterocycles. The van der Waals surface area contributed by atoms with E-state index in [1.54, 1.807) is 0 Å². The van der Waals surface area contributed by atoms with Gasteiger partial charge in [0.2, 0.25) is 0 Å². The van der Waals surface area contributed by atoms with Crippen molar-refractivity contribution in [3.8, 4) is 0 Å². The third-order valence-corrected chi connectivity index (χ3v) is 4.56. The molecule has 0 spiro atoms. The first-order valence-electron chi connectivity index (χ1n) is 9.58. The molecule has 0 N–H and O–H groups in total. The minimum Gasteiger partial charge on any atom is -0.444 e. The first-order chi connectivity index (χ1) is 12.4. The van der Waals surface area contributed by atoms with Crippen LogP contribution in [0.2, 0.25) is 0 Å². The van der Waals surface area contributed by atoms with E-state index in [1.807, 2.05) is 49.9 Å². The molecular weight excluding hydrogens is 326 g/mol. The van der Waals surface area contributed by atoms with E-state index in [4.69, 9.17) is 9.47 Å². The summed E-state index contributed by atoms with van der Waals surface area (Å²) >= 11 is 0. The molecule has 0 aliphatic carbocycles. The molecule has 2 rings (SSSR count). The largest absolute Gasteiger partial charge is 0.444 e. The number of likely N-dealkylation sites (tertiary alicyclic amines) is 1. The highest BCUT2D eigenvalue weighted by atomic mass is 16.6. The van der Waals surface area contributed by atoms with Crippen LogP contribution in [0.1, 0.15) is 45.6 Å². The number of hydrogen-bond acceptors (Lipinski definition) is 3. The van der Waals surface area contributed by atoms with Crippen molar-refractivity contribution >= 4 is 6.09 Å². The molecule has 4 heteroatoms. The fraction of sp³-hybridized carbons (Fsp3) is 0.591. The van der Waals surface area contributed by atoms with Crippen LogP contribution < -0.4 is 0 Å². The highest BCUT2D eigenvalue weighted by Crippen LogP contribution is 2.25. The Labute approximate surface area is 158 Å². The average Bonchev–Trinajstić information content (AvgIpc) is 2.78. The Morgan fingerprint density at radius 1 is 1.19 bits per heavy atom. The lowest BCUT2D eigenvalue weighted by molar-refractivity contribution is 0.0163. The molecule has 1 unspecified atom stereocenters. The Kier molecular flexibility index (Phi) is 7.70. The number of rotatable bonds is 6. The van der Waals surface area contributed by atoms with Gasteiger partial charge in [0.25, 0.3) is 0 Å². The van der Waals surface area contributed by atoms with Gasteiger partial charge in [-0.2, -0.15) is 0 Å². The van der Waals surface area contributed by atoms with Gasteiger partial charge in [0.05, 0.1) is 13.2 Å². The average molecular weight is 360 g/mol. The number of carbonyl (C=O) groups excluding carboxylic acids is 1. The van der Waals surface area contributed by atoms with Crippen molar-refractivity contribution in [2.45, 2.75) is 52.2 Å². The summed E-state index contributed by atoms with van der Waals surface area (Å²) < 4.78 is 11.5. The van der Waals surface area contributed by atoms with Gasteiger partial charge < -0.3 is 14.4 Å². The van der Waals surface area contributed by atoms with Gasteiger partial charge in [0.15, 0.2) is 0 Å². The smallest absolute Gasteiger partial charge is 0.410 e. The van der Waals surface area contributed by atoms with E-state index in [0.717, 1.165) is 25.8 Å². The molecule has 26 heavy (non-hydrogen) atoms. The van der Waals surface area contributed by atoms with Crippen LogP contribution in [0.25, 0.3) is 0 Å². The van der Waals surface area contributed by atoms with E-state index in [-0.39, 0.29) is 6.09 Å². The van der Waals surface area contributed by atoms with Gasteiger partial charge in [-0.3, -0.25) is 0 Å². The SMILES string of the molecule is C=CCC1CC[C@@H](COCc2ccccc2)CN(C(=O)OC(C)(C)C)C1. The topological polar surface area (TPSA) is 38.8 Å². The fourth-order valence-corrected chi connectivity index (χ4v) is 3.31. The summed E-state index contributed by atoms with van der Waals surface area (Å²) in [6, 6.07) is 10.2. The summed E-state index contributed by atoms with van der Waals surface area (Å²) in [4.78, 5) is 14.5. The number of benzene rings is 1. The molecule has 1 aliphatic rings. The first-order valence-corrected chi connectivity index (χ1v) is 9.58. The van der Waals surface area contributed by atoms with Crippen LogP contribution in [0.4, 0.5) is 4.79 Å². The van der Waals surface area contributed by atoms with Gasteiger partial charge in [0, 0.05) is 19.0 Å². The van der Waals surface area contributed by atoms with Crippen LogP contribution in [-0.2, 0) is 16.1 Å². The van der Waals surface area contributed by atoms with Crippen molar-refractivity contribution in [3.63, 3.8) is 0 Å². The molecule has 0 aromatic heterocycles. The highest BCUT2D eigenvalue weighted by Gasteiger charge is 2.29. The van der Waals surface area contributed by atoms with Crippen molar-refractivity contribution in [2.75, 3.05) is 19.7 Å². The van der Waals surface area contributed by atoms with Crippen molar-refractivity contribution in [3.05, 3.63) is 48.6 Å². The maximum atomic E-state index is 12.6. The van der Waals surface area contributed by atoms with E-state index >= 15 is 0 Å². The zero-order chi connectivity index (χ0) is 19.0. The van der Waals surface area contributed by atoms with Crippen LogP contribution in [0, 0.1) is 11.8 Å². The van der Waals surface area contributed by atoms with E-state index < -0.39 is 5.60 Å². The molecule has 1 aromatic rings. The quantitative estimate of drug-likeness (QED) is 0.668. The predicted molar refractivity (Wildman–Crippen MR) is 105 cm³/mol. The number of ether oxygens (including phenoxy) is 2. The number of carbonyl (C=O) groups is 1. The molecular formula is C22H33NO3. The molecule has 0 saturated carbocycles. The van der Waals surface area contributed by atoms with E-state index in [1.165, 1.54) is 5.56 Å². The van der Waals surface area contributed by atoms with E-state index in [2.05, 4.69) is 18.7 Å². The minimum atomic E-state index is -0.476. The van der Waals surface area contributed by atoms with Crippen LogP contribution in [0.5, 0.6) is 0 Å². The number of amides is 1. The Hall–Kier alpha value is -1.81. The molecule has 1 heterocycles. The second kappa shape index (κ2) is 9.77. The standard InChI is InChI=1S/C22H33NO3/c1-5-9-18-12-13-20(17-25-16-19-10-7-6-8-11-19)15-23(14-18)21(24)26-22(2,3)4/h5-8,10-11,18,20H,1,9,12-17H2,2-4H3/t18?,20-/m1/s1. The monoisotopic (exact) mass is 359 g/mol. The van der Waals surface area contributed by atoms with Gasteiger partial charge in [-0.25, -0.2) is 4.79 Å². The Morgan fingerprint density at radius 3 is 2.50 bits per heavy atom. The fourth-order valence-electron chi connectivity index (χ4n) is 3.31. The van der Waals surface area contributed by atoms with Crippen molar-refractivity contribution in [2.24, 2.45) is 11.8 Å². The first kappa shape index (κ1) is 20.5. The van der Waals surface area contributed by atoms with E-state index in [0.29, 0.717) is 31.6 Å². The minimum absolute atomic E-state index is 0.221.